The average Bonchev–Trinajstić information content (AvgIpc) is 2.53. The number of nitrogens with one attached hydrogen (secondary N) is 1. The zero-order valence-corrected chi connectivity index (χ0v) is 12.9. The topological polar surface area (TPSA) is 28.2 Å². The lowest BCUT2D eigenvalue weighted by molar-refractivity contribution is 0.201. The highest BCUT2D eigenvalue weighted by Crippen LogP contribution is 2.37. The summed E-state index contributed by atoms with van der Waals surface area (Å²) in [6, 6.07) is 1.79. The molecule has 0 radical (unpaired) electrons. The number of rotatable bonds is 4. The number of nitrogens with zero attached hydrogens (tertiary/aromatic N) is 2. The van der Waals surface area contributed by atoms with Crippen molar-refractivity contribution in [2.45, 2.75) is 45.6 Å². The van der Waals surface area contributed by atoms with Crippen LogP contribution in [0.25, 0.3) is 0 Å². The highest BCUT2D eigenvalue weighted by molar-refractivity contribution is 5.43. The van der Waals surface area contributed by atoms with Crippen LogP contribution in [0.15, 0.2) is 12.3 Å². The van der Waals surface area contributed by atoms with Crippen LogP contribution in [0.2, 0.25) is 0 Å². The fraction of sp³-hybridized carbons (Fsp3) is 0.706. The summed E-state index contributed by atoms with van der Waals surface area (Å²) in [5.41, 5.74) is 0.729. The van der Waals surface area contributed by atoms with Crippen LogP contribution in [-0.4, -0.2) is 24.6 Å². The maximum atomic E-state index is 14.7. The van der Waals surface area contributed by atoms with E-state index < -0.39 is 0 Å². The number of hydrogen-bond acceptors (Lipinski definition) is 3. The second-order valence-corrected chi connectivity index (χ2v) is 6.43. The third kappa shape index (κ3) is 3.20. The summed E-state index contributed by atoms with van der Waals surface area (Å²) in [6.45, 7) is 5.41. The lowest BCUT2D eigenvalue weighted by atomic mass is 9.75. The van der Waals surface area contributed by atoms with Crippen LogP contribution in [-0.2, 0) is 6.54 Å². The standard InChI is InChI=1S/C17H26FN3/c1-2-19-11-14-7-9-20-17(16(14)18)21-10-8-13-5-3-4-6-15(13)12-21/h7,9,13,15,19H,2-6,8,10-12H2,1H3. The van der Waals surface area contributed by atoms with E-state index in [0.717, 1.165) is 37.0 Å². The van der Waals surface area contributed by atoms with Gasteiger partial charge in [-0.15, -0.1) is 0 Å². The van der Waals surface area contributed by atoms with E-state index in [9.17, 15) is 4.39 Å². The molecule has 2 heterocycles. The van der Waals surface area contributed by atoms with Crippen LogP contribution < -0.4 is 10.2 Å². The van der Waals surface area contributed by atoms with Crippen molar-refractivity contribution in [1.29, 1.82) is 0 Å². The van der Waals surface area contributed by atoms with E-state index in [2.05, 4.69) is 15.2 Å². The van der Waals surface area contributed by atoms with Crippen LogP contribution in [0.5, 0.6) is 0 Å². The van der Waals surface area contributed by atoms with Crippen LogP contribution in [0, 0.1) is 17.7 Å². The zero-order valence-electron chi connectivity index (χ0n) is 12.9. The zero-order chi connectivity index (χ0) is 14.7. The molecule has 0 spiro atoms. The predicted octanol–water partition coefficient (Wildman–Crippen LogP) is 3.35. The van der Waals surface area contributed by atoms with Crippen molar-refractivity contribution in [3.63, 3.8) is 0 Å². The molecule has 0 amide bonds. The summed E-state index contributed by atoms with van der Waals surface area (Å²) in [7, 11) is 0. The quantitative estimate of drug-likeness (QED) is 0.922. The summed E-state index contributed by atoms with van der Waals surface area (Å²) in [5.74, 6) is 2.04. The maximum Gasteiger partial charge on any atom is 0.170 e. The molecule has 1 N–H and O–H groups in total. The van der Waals surface area contributed by atoms with Gasteiger partial charge in [0.25, 0.3) is 0 Å². The first-order valence-corrected chi connectivity index (χ1v) is 8.38. The van der Waals surface area contributed by atoms with Gasteiger partial charge >= 0.3 is 0 Å². The van der Waals surface area contributed by atoms with E-state index in [1.165, 1.54) is 32.1 Å². The molecule has 116 valence electrons. The fourth-order valence-electron chi connectivity index (χ4n) is 3.88. The van der Waals surface area contributed by atoms with E-state index in [4.69, 9.17) is 0 Å². The van der Waals surface area contributed by atoms with Crippen molar-refractivity contribution >= 4 is 5.82 Å². The number of anilines is 1. The summed E-state index contributed by atoms with van der Waals surface area (Å²) in [6.07, 6.45) is 8.34. The van der Waals surface area contributed by atoms with E-state index in [1.807, 2.05) is 6.92 Å². The van der Waals surface area contributed by atoms with Gasteiger partial charge in [0.1, 0.15) is 0 Å². The number of piperidine rings is 1. The SMILES string of the molecule is CCNCc1ccnc(N2CCC3CCCCC3C2)c1F. The van der Waals surface area contributed by atoms with Crippen LogP contribution >= 0.6 is 0 Å². The molecule has 2 atom stereocenters. The normalized spacial score (nSPS) is 25.7. The van der Waals surface area contributed by atoms with Gasteiger partial charge in [-0.25, -0.2) is 9.37 Å². The van der Waals surface area contributed by atoms with E-state index in [1.54, 1.807) is 12.3 Å². The molecular formula is C17H26FN3. The molecule has 1 aliphatic carbocycles. The molecule has 2 fully saturated rings. The predicted molar refractivity (Wildman–Crippen MR) is 83.9 cm³/mol. The van der Waals surface area contributed by atoms with Gasteiger partial charge in [0.05, 0.1) is 0 Å². The van der Waals surface area contributed by atoms with Crippen molar-refractivity contribution in [3.05, 3.63) is 23.6 Å². The summed E-state index contributed by atoms with van der Waals surface area (Å²) in [5, 5.41) is 3.19. The Bertz CT molecular complexity index is 477. The largest absolute Gasteiger partial charge is 0.354 e. The minimum absolute atomic E-state index is 0.132. The highest BCUT2D eigenvalue weighted by Gasteiger charge is 2.32. The lowest BCUT2D eigenvalue weighted by Gasteiger charge is -2.41. The molecule has 1 aromatic rings. The molecule has 3 nitrogen and oxygen atoms in total. The van der Waals surface area contributed by atoms with Crippen molar-refractivity contribution in [1.82, 2.24) is 10.3 Å². The number of hydrogen-bond donors (Lipinski definition) is 1. The van der Waals surface area contributed by atoms with Gasteiger partial charge < -0.3 is 10.2 Å². The Kier molecular flexibility index (Phi) is 4.73. The third-order valence-corrected chi connectivity index (χ3v) is 5.11. The Morgan fingerprint density at radius 2 is 2.10 bits per heavy atom. The second kappa shape index (κ2) is 6.73. The fourth-order valence-corrected chi connectivity index (χ4v) is 3.88. The Labute approximate surface area is 126 Å². The Hall–Kier alpha value is -1.16. The van der Waals surface area contributed by atoms with Crippen molar-refractivity contribution in [2.24, 2.45) is 11.8 Å². The molecule has 3 rings (SSSR count). The number of pyridine rings is 1. The van der Waals surface area contributed by atoms with Gasteiger partial charge in [0.15, 0.2) is 11.6 Å². The molecule has 1 saturated heterocycles. The molecular weight excluding hydrogens is 265 g/mol. The first-order chi connectivity index (χ1) is 10.3. The first-order valence-electron chi connectivity index (χ1n) is 8.38. The lowest BCUT2D eigenvalue weighted by Crippen LogP contribution is -2.42. The summed E-state index contributed by atoms with van der Waals surface area (Å²) in [4.78, 5) is 6.51. The highest BCUT2D eigenvalue weighted by atomic mass is 19.1. The average molecular weight is 291 g/mol. The molecule has 21 heavy (non-hydrogen) atoms. The smallest absolute Gasteiger partial charge is 0.170 e. The van der Waals surface area contributed by atoms with Crippen molar-refractivity contribution in [2.75, 3.05) is 24.5 Å². The molecule has 1 saturated carbocycles. The monoisotopic (exact) mass is 291 g/mol. The van der Waals surface area contributed by atoms with Gasteiger partial charge in [-0.05, 0) is 37.3 Å². The first kappa shape index (κ1) is 14.8. The second-order valence-electron chi connectivity index (χ2n) is 6.43. The molecule has 4 heteroatoms. The van der Waals surface area contributed by atoms with Crippen LogP contribution in [0.1, 0.15) is 44.6 Å². The molecule has 1 aliphatic heterocycles. The molecule has 0 bridgehead atoms. The van der Waals surface area contributed by atoms with E-state index in [-0.39, 0.29) is 5.82 Å². The van der Waals surface area contributed by atoms with Gasteiger partial charge in [-0.2, -0.15) is 0 Å². The minimum atomic E-state index is -0.132. The molecule has 2 unspecified atom stereocenters. The molecule has 0 aromatic carbocycles. The van der Waals surface area contributed by atoms with Crippen LogP contribution in [0.4, 0.5) is 10.2 Å². The third-order valence-electron chi connectivity index (χ3n) is 5.11. The van der Waals surface area contributed by atoms with E-state index >= 15 is 0 Å². The van der Waals surface area contributed by atoms with Gasteiger partial charge in [-0.1, -0.05) is 26.2 Å². The summed E-state index contributed by atoms with van der Waals surface area (Å²) >= 11 is 0. The Morgan fingerprint density at radius 1 is 1.29 bits per heavy atom. The van der Waals surface area contributed by atoms with Gasteiger partial charge in [0.2, 0.25) is 0 Å². The van der Waals surface area contributed by atoms with Gasteiger partial charge in [0, 0.05) is 31.4 Å². The summed E-state index contributed by atoms with van der Waals surface area (Å²) < 4.78 is 14.7. The van der Waals surface area contributed by atoms with Crippen molar-refractivity contribution < 1.29 is 4.39 Å². The Balaban J connectivity index is 1.74. The Morgan fingerprint density at radius 3 is 2.90 bits per heavy atom. The number of halogens is 1. The molecule has 1 aromatic heterocycles. The van der Waals surface area contributed by atoms with E-state index in [0.29, 0.717) is 12.4 Å². The number of fused-ring (bicyclic) bond motifs is 1. The van der Waals surface area contributed by atoms with Gasteiger partial charge in [-0.3, -0.25) is 0 Å². The number of aromatic nitrogens is 1. The van der Waals surface area contributed by atoms with Crippen molar-refractivity contribution in [3.8, 4) is 0 Å². The minimum Gasteiger partial charge on any atom is -0.354 e. The molecule has 2 aliphatic rings. The maximum absolute atomic E-state index is 14.7. The van der Waals surface area contributed by atoms with Crippen LogP contribution in [0.3, 0.4) is 0 Å².